The maximum Gasteiger partial charge on any atom is 0.240 e. The second kappa shape index (κ2) is 5.19. The van der Waals surface area contributed by atoms with Gasteiger partial charge in [-0.1, -0.05) is 30.5 Å². The van der Waals surface area contributed by atoms with Crippen LogP contribution in [0.25, 0.3) is 0 Å². The van der Waals surface area contributed by atoms with Crippen LogP contribution in [0.1, 0.15) is 31.2 Å². The van der Waals surface area contributed by atoms with Gasteiger partial charge in [0.2, 0.25) is 10.0 Å². The second-order valence-electron chi connectivity index (χ2n) is 4.56. The van der Waals surface area contributed by atoms with E-state index in [0.717, 1.165) is 24.8 Å². The van der Waals surface area contributed by atoms with Crippen molar-refractivity contribution in [1.82, 2.24) is 4.72 Å². The number of rotatable bonds is 3. The third-order valence-corrected chi connectivity index (χ3v) is 4.56. The quantitative estimate of drug-likeness (QED) is 0.898. The molecule has 0 heterocycles. The molecule has 0 aliphatic heterocycles. The van der Waals surface area contributed by atoms with Gasteiger partial charge in [-0.15, -0.1) is 0 Å². The van der Waals surface area contributed by atoms with Crippen LogP contribution < -0.4 is 4.72 Å². The Kier molecular flexibility index (Phi) is 3.84. The predicted molar refractivity (Wildman–Crippen MR) is 68.1 cm³/mol. The topological polar surface area (TPSA) is 46.2 Å². The van der Waals surface area contributed by atoms with Gasteiger partial charge in [0, 0.05) is 6.04 Å². The van der Waals surface area contributed by atoms with E-state index in [2.05, 4.69) is 11.1 Å². The summed E-state index contributed by atoms with van der Waals surface area (Å²) in [6, 6.07) is 6.94. The molecule has 1 aliphatic rings. The molecular weight excluding hydrogens is 234 g/mol. The summed E-state index contributed by atoms with van der Waals surface area (Å²) in [7, 11) is -3.36. The van der Waals surface area contributed by atoms with E-state index in [1.165, 1.54) is 6.42 Å². The minimum absolute atomic E-state index is 0.00458. The number of hydrogen-bond donors (Lipinski definition) is 1. The van der Waals surface area contributed by atoms with Crippen LogP contribution in [-0.4, -0.2) is 14.5 Å². The van der Waals surface area contributed by atoms with Gasteiger partial charge in [0.1, 0.15) is 0 Å². The number of sulfonamides is 1. The highest BCUT2D eigenvalue weighted by molar-refractivity contribution is 7.89. The van der Waals surface area contributed by atoms with Gasteiger partial charge in [0.15, 0.2) is 0 Å². The van der Waals surface area contributed by atoms with E-state index in [0.29, 0.717) is 4.90 Å². The summed E-state index contributed by atoms with van der Waals surface area (Å²) in [6.45, 7) is 1.94. The van der Waals surface area contributed by atoms with Gasteiger partial charge >= 0.3 is 0 Å². The van der Waals surface area contributed by atoms with E-state index in [-0.39, 0.29) is 6.04 Å². The molecule has 1 aromatic carbocycles. The normalized spacial score (nSPS) is 18.2. The SMILES string of the molecule is Cc1ccc(S(=O)(=O)N[C@H]2[CH]CCCC2)cc1. The van der Waals surface area contributed by atoms with Crippen LogP contribution in [0.15, 0.2) is 29.2 Å². The first kappa shape index (κ1) is 12.6. The van der Waals surface area contributed by atoms with Crippen molar-refractivity contribution in [2.24, 2.45) is 0 Å². The number of benzene rings is 1. The molecule has 0 bridgehead atoms. The first-order valence-corrected chi connectivity index (χ1v) is 7.48. The molecule has 2 rings (SSSR count). The lowest BCUT2D eigenvalue weighted by Gasteiger charge is -2.22. The van der Waals surface area contributed by atoms with E-state index in [1.807, 2.05) is 19.1 Å². The largest absolute Gasteiger partial charge is 0.240 e. The monoisotopic (exact) mass is 252 g/mol. The van der Waals surface area contributed by atoms with E-state index >= 15 is 0 Å². The standard InChI is InChI=1S/C13H18NO2S/c1-11-7-9-13(10-8-11)17(15,16)14-12-5-3-2-4-6-12/h5,7-10,12,14H,2-4,6H2,1H3/t12-/m0/s1. The summed E-state index contributed by atoms with van der Waals surface area (Å²) < 4.78 is 26.9. The molecule has 1 fully saturated rings. The molecule has 0 unspecified atom stereocenters. The molecule has 1 radical (unpaired) electrons. The van der Waals surface area contributed by atoms with Crippen LogP contribution in [0.4, 0.5) is 0 Å². The van der Waals surface area contributed by atoms with Crippen LogP contribution >= 0.6 is 0 Å². The van der Waals surface area contributed by atoms with Crippen molar-refractivity contribution < 1.29 is 8.42 Å². The lowest BCUT2D eigenvalue weighted by atomic mass is 9.96. The Balaban J connectivity index is 2.10. The summed E-state index contributed by atoms with van der Waals surface area (Å²) in [4.78, 5) is 0.349. The first-order chi connectivity index (χ1) is 8.08. The third kappa shape index (κ3) is 3.30. The van der Waals surface area contributed by atoms with E-state index in [9.17, 15) is 8.42 Å². The van der Waals surface area contributed by atoms with Crippen LogP contribution in [0, 0.1) is 13.3 Å². The fourth-order valence-electron chi connectivity index (χ4n) is 2.04. The van der Waals surface area contributed by atoms with Gasteiger partial charge in [-0.2, -0.15) is 0 Å². The Bertz CT molecular complexity index is 459. The van der Waals surface area contributed by atoms with Crippen molar-refractivity contribution in [2.45, 2.75) is 43.5 Å². The molecule has 0 amide bonds. The highest BCUT2D eigenvalue weighted by atomic mass is 32.2. The molecular formula is C13H18NO2S. The van der Waals surface area contributed by atoms with E-state index in [1.54, 1.807) is 12.1 Å². The maximum atomic E-state index is 12.1. The average molecular weight is 252 g/mol. The number of nitrogens with one attached hydrogen (secondary N) is 1. The van der Waals surface area contributed by atoms with Gasteiger partial charge in [0.25, 0.3) is 0 Å². The zero-order chi connectivity index (χ0) is 12.3. The molecule has 0 saturated heterocycles. The summed E-state index contributed by atoms with van der Waals surface area (Å²) in [5, 5.41) is 0. The van der Waals surface area contributed by atoms with Crippen molar-refractivity contribution in [3.63, 3.8) is 0 Å². The fourth-order valence-corrected chi connectivity index (χ4v) is 3.28. The van der Waals surface area contributed by atoms with Gasteiger partial charge in [-0.25, -0.2) is 13.1 Å². The minimum atomic E-state index is -3.36. The highest BCUT2D eigenvalue weighted by Crippen LogP contribution is 2.19. The molecule has 93 valence electrons. The van der Waals surface area contributed by atoms with Gasteiger partial charge in [0.05, 0.1) is 4.90 Å². The number of hydrogen-bond acceptors (Lipinski definition) is 2. The lowest BCUT2D eigenvalue weighted by molar-refractivity contribution is 0.488. The van der Waals surface area contributed by atoms with Crippen molar-refractivity contribution in [3.8, 4) is 0 Å². The van der Waals surface area contributed by atoms with Gasteiger partial charge < -0.3 is 0 Å². The molecule has 17 heavy (non-hydrogen) atoms. The van der Waals surface area contributed by atoms with Crippen LogP contribution in [0.2, 0.25) is 0 Å². The van der Waals surface area contributed by atoms with Crippen LogP contribution in [0.3, 0.4) is 0 Å². The molecule has 4 heteroatoms. The average Bonchev–Trinajstić information content (AvgIpc) is 2.30. The molecule has 1 atom stereocenters. The molecule has 1 saturated carbocycles. The molecule has 1 aliphatic carbocycles. The number of aryl methyl sites for hydroxylation is 1. The van der Waals surface area contributed by atoms with Crippen molar-refractivity contribution in [2.75, 3.05) is 0 Å². The Morgan fingerprint density at radius 2 is 1.88 bits per heavy atom. The van der Waals surface area contributed by atoms with Crippen molar-refractivity contribution in [1.29, 1.82) is 0 Å². The Labute approximate surface area is 103 Å². The molecule has 1 aromatic rings. The van der Waals surface area contributed by atoms with Crippen LogP contribution in [0.5, 0.6) is 0 Å². The molecule has 0 spiro atoms. The lowest BCUT2D eigenvalue weighted by Crippen LogP contribution is -2.36. The Hall–Kier alpha value is -0.870. The first-order valence-electron chi connectivity index (χ1n) is 6.00. The summed E-state index contributed by atoms with van der Waals surface area (Å²) in [6.07, 6.45) is 6.24. The maximum absolute atomic E-state index is 12.1. The molecule has 1 N–H and O–H groups in total. The zero-order valence-corrected chi connectivity index (χ0v) is 10.8. The predicted octanol–water partition coefficient (Wildman–Crippen LogP) is 2.42. The van der Waals surface area contributed by atoms with E-state index in [4.69, 9.17) is 0 Å². The van der Waals surface area contributed by atoms with Crippen LogP contribution in [-0.2, 0) is 10.0 Å². The van der Waals surface area contributed by atoms with Gasteiger partial charge in [-0.05, 0) is 38.3 Å². The van der Waals surface area contributed by atoms with Crippen molar-refractivity contribution >= 4 is 10.0 Å². The Morgan fingerprint density at radius 3 is 2.47 bits per heavy atom. The zero-order valence-electron chi connectivity index (χ0n) is 10.0. The smallest absolute Gasteiger partial charge is 0.208 e. The molecule has 3 nitrogen and oxygen atoms in total. The minimum Gasteiger partial charge on any atom is -0.208 e. The van der Waals surface area contributed by atoms with Gasteiger partial charge in [-0.3, -0.25) is 0 Å². The van der Waals surface area contributed by atoms with Crippen molar-refractivity contribution in [3.05, 3.63) is 36.2 Å². The summed E-state index contributed by atoms with van der Waals surface area (Å²) >= 11 is 0. The van der Waals surface area contributed by atoms with E-state index < -0.39 is 10.0 Å². The summed E-state index contributed by atoms with van der Waals surface area (Å²) in [5.74, 6) is 0. The Morgan fingerprint density at radius 1 is 1.18 bits per heavy atom. The second-order valence-corrected chi connectivity index (χ2v) is 6.27. The molecule has 0 aromatic heterocycles. The summed E-state index contributed by atoms with van der Waals surface area (Å²) in [5.41, 5.74) is 1.06. The third-order valence-electron chi connectivity index (χ3n) is 3.06. The fraction of sp³-hybridized carbons (Fsp3) is 0.462. The highest BCUT2D eigenvalue weighted by Gasteiger charge is 2.21.